The first-order chi connectivity index (χ1) is 10.4. The van der Waals surface area contributed by atoms with Crippen molar-refractivity contribution in [2.45, 2.75) is 39.0 Å². The summed E-state index contributed by atoms with van der Waals surface area (Å²) in [5.74, 6) is 0. The van der Waals surface area contributed by atoms with E-state index in [-0.39, 0.29) is 0 Å². The van der Waals surface area contributed by atoms with Gasteiger partial charge >= 0.3 is 0 Å². The van der Waals surface area contributed by atoms with E-state index < -0.39 is 0 Å². The van der Waals surface area contributed by atoms with Crippen molar-refractivity contribution in [3.8, 4) is 0 Å². The Kier molecular flexibility index (Phi) is 4.76. The summed E-state index contributed by atoms with van der Waals surface area (Å²) in [6, 6.07) is 8.60. The van der Waals surface area contributed by atoms with Crippen LogP contribution in [0.5, 0.6) is 0 Å². The fourth-order valence-electron chi connectivity index (χ4n) is 3.26. The average molecular weight is 282 g/mol. The number of para-hydroxylation sites is 1. The van der Waals surface area contributed by atoms with Crippen molar-refractivity contribution in [1.82, 2.24) is 9.88 Å². The lowest BCUT2D eigenvalue weighted by molar-refractivity contribution is 0.294. The van der Waals surface area contributed by atoms with Crippen LogP contribution in [0, 0.1) is 0 Å². The van der Waals surface area contributed by atoms with Gasteiger partial charge in [-0.25, -0.2) is 0 Å². The number of aromatic nitrogens is 1. The quantitative estimate of drug-likeness (QED) is 0.751. The van der Waals surface area contributed by atoms with Gasteiger partial charge in [0.05, 0.1) is 0 Å². The Morgan fingerprint density at radius 3 is 2.86 bits per heavy atom. The van der Waals surface area contributed by atoms with Crippen LogP contribution >= 0.6 is 0 Å². The molecule has 2 aromatic rings. The number of rotatable bonds is 6. The second kappa shape index (κ2) is 6.95. The number of hydrogen-bond acceptors (Lipinski definition) is 1. The van der Waals surface area contributed by atoms with E-state index in [0.29, 0.717) is 0 Å². The molecule has 0 saturated heterocycles. The Bertz CT molecular complexity index is 609. The minimum absolute atomic E-state index is 1.11. The summed E-state index contributed by atoms with van der Waals surface area (Å²) >= 11 is 0. The highest BCUT2D eigenvalue weighted by Crippen LogP contribution is 2.29. The molecular weight excluding hydrogens is 256 g/mol. The predicted molar refractivity (Wildman–Crippen MR) is 91.5 cm³/mol. The van der Waals surface area contributed by atoms with Crippen LogP contribution in [0.25, 0.3) is 16.5 Å². The van der Waals surface area contributed by atoms with Crippen molar-refractivity contribution in [3.05, 3.63) is 42.1 Å². The molecular formula is C19H26N2. The molecule has 2 heterocycles. The number of H-pyrrole nitrogens is 1. The third kappa shape index (κ3) is 3.38. The molecule has 1 aromatic carbocycles. The number of hydrogen-bond donors (Lipinski definition) is 1. The van der Waals surface area contributed by atoms with E-state index in [2.05, 4.69) is 53.3 Å². The summed E-state index contributed by atoms with van der Waals surface area (Å²) in [7, 11) is 0. The molecule has 0 atom stereocenters. The van der Waals surface area contributed by atoms with Crippen LogP contribution < -0.4 is 0 Å². The summed E-state index contributed by atoms with van der Waals surface area (Å²) in [5.41, 5.74) is 4.16. The molecule has 112 valence electrons. The second-order valence-corrected chi connectivity index (χ2v) is 6.09. The molecule has 21 heavy (non-hydrogen) atoms. The minimum atomic E-state index is 1.11. The Morgan fingerprint density at radius 2 is 2.05 bits per heavy atom. The van der Waals surface area contributed by atoms with Gasteiger partial charge in [0, 0.05) is 35.8 Å². The number of unbranched alkanes of at least 4 members (excludes halogenated alkanes) is 3. The van der Waals surface area contributed by atoms with Crippen molar-refractivity contribution < 1.29 is 0 Å². The maximum absolute atomic E-state index is 3.39. The topological polar surface area (TPSA) is 19.0 Å². The van der Waals surface area contributed by atoms with Gasteiger partial charge in [-0.05, 0) is 31.0 Å². The smallest absolute Gasteiger partial charge is 0.0460 e. The number of fused-ring (bicyclic) bond motifs is 1. The molecule has 0 aliphatic carbocycles. The fraction of sp³-hybridized carbons (Fsp3) is 0.474. The van der Waals surface area contributed by atoms with E-state index in [0.717, 1.165) is 6.54 Å². The maximum Gasteiger partial charge on any atom is 0.0460 e. The summed E-state index contributed by atoms with van der Waals surface area (Å²) in [6.07, 6.45) is 11.2. The van der Waals surface area contributed by atoms with Gasteiger partial charge in [-0.3, -0.25) is 4.90 Å². The Balaban J connectivity index is 1.62. The van der Waals surface area contributed by atoms with Crippen LogP contribution in [0.1, 0.15) is 44.6 Å². The summed E-state index contributed by atoms with van der Waals surface area (Å²) in [6.45, 7) is 5.85. The Labute approximate surface area is 127 Å². The molecule has 3 rings (SSSR count). The van der Waals surface area contributed by atoms with Crippen molar-refractivity contribution in [3.63, 3.8) is 0 Å². The fourth-order valence-corrected chi connectivity index (χ4v) is 3.26. The Hall–Kier alpha value is -1.54. The zero-order valence-corrected chi connectivity index (χ0v) is 13.1. The van der Waals surface area contributed by atoms with Gasteiger partial charge in [-0.15, -0.1) is 0 Å². The molecule has 0 bridgehead atoms. The molecule has 0 amide bonds. The van der Waals surface area contributed by atoms with Crippen molar-refractivity contribution in [1.29, 1.82) is 0 Å². The molecule has 1 aromatic heterocycles. The summed E-state index contributed by atoms with van der Waals surface area (Å²) < 4.78 is 0. The van der Waals surface area contributed by atoms with Gasteiger partial charge in [0.15, 0.2) is 0 Å². The first-order valence-electron chi connectivity index (χ1n) is 8.36. The third-order valence-electron chi connectivity index (χ3n) is 4.56. The lowest BCUT2D eigenvalue weighted by atomic mass is 9.99. The van der Waals surface area contributed by atoms with Crippen molar-refractivity contribution in [2.24, 2.45) is 0 Å². The molecule has 0 radical (unpaired) electrons. The van der Waals surface area contributed by atoms with E-state index in [4.69, 9.17) is 0 Å². The van der Waals surface area contributed by atoms with Crippen LogP contribution in [-0.2, 0) is 0 Å². The van der Waals surface area contributed by atoms with E-state index in [1.54, 1.807) is 0 Å². The number of nitrogens with zero attached hydrogens (tertiary/aromatic N) is 1. The standard InChI is InChI=1S/C19H26N2/c1-2-3-4-7-12-21-13-10-16(11-14-21)18-15-20-19-9-6-5-8-17(18)19/h5-6,8-10,15,20H,2-4,7,11-14H2,1H3. The zero-order valence-electron chi connectivity index (χ0n) is 13.1. The van der Waals surface area contributed by atoms with Crippen molar-refractivity contribution in [2.75, 3.05) is 19.6 Å². The molecule has 2 heteroatoms. The van der Waals surface area contributed by atoms with E-state index in [9.17, 15) is 0 Å². The highest BCUT2D eigenvalue weighted by atomic mass is 15.1. The van der Waals surface area contributed by atoms with Crippen LogP contribution in [-0.4, -0.2) is 29.5 Å². The van der Waals surface area contributed by atoms with Gasteiger partial charge in [-0.1, -0.05) is 50.5 Å². The predicted octanol–water partition coefficient (Wildman–Crippen LogP) is 4.84. The van der Waals surface area contributed by atoms with Crippen LogP contribution in [0.2, 0.25) is 0 Å². The number of benzene rings is 1. The Morgan fingerprint density at radius 1 is 1.14 bits per heavy atom. The van der Waals surface area contributed by atoms with Crippen LogP contribution in [0.4, 0.5) is 0 Å². The molecule has 0 fully saturated rings. The van der Waals surface area contributed by atoms with E-state index in [1.165, 1.54) is 67.2 Å². The van der Waals surface area contributed by atoms with Crippen molar-refractivity contribution >= 4 is 16.5 Å². The normalized spacial score (nSPS) is 16.3. The molecule has 0 saturated carbocycles. The first kappa shape index (κ1) is 14.4. The maximum atomic E-state index is 3.39. The lowest BCUT2D eigenvalue weighted by Gasteiger charge is -2.26. The highest BCUT2D eigenvalue weighted by Gasteiger charge is 2.14. The van der Waals surface area contributed by atoms with Gasteiger partial charge in [0.2, 0.25) is 0 Å². The second-order valence-electron chi connectivity index (χ2n) is 6.09. The summed E-state index contributed by atoms with van der Waals surface area (Å²) in [4.78, 5) is 5.98. The zero-order chi connectivity index (χ0) is 14.5. The SMILES string of the molecule is CCCCCCN1CC=C(c2c[nH]c3ccccc23)CC1. The van der Waals surface area contributed by atoms with E-state index in [1.807, 2.05) is 0 Å². The first-order valence-corrected chi connectivity index (χ1v) is 8.36. The minimum Gasteiger partial charge on any atom is -0.361 e. The monoisotopic (exact) mass is 282 g/mol. The molecule has 1 aliphatic rings. The largest absolute Gasteiger partial charge is 0.361 e. The number of aromatic amines is 1. The summed E-state index contributed by atoms with van der Waals surface area (Å²) in [5, 5.41) is 1.36. The molecule has 2 nitrogen and oxygen atoms in total. The average Bonchev–Trinajstić information content (AvgIpc) is 2.96. The lowest BCUT2D eigenvalue weighted by Crippen LogP contribution is -2.29. The molecule has 0 spiro atoms. The van der Waals surface area contributed by atoms with E-state index >= 15 is 0 Å². The molecule has 1 N–H and O–H groups in total. The number of nitrogens with one attached hydrogen (secondary N) is 1. The van der Waals surface area contributed by atoms with Gasteiger partial charge < -0.3 is 4.98 Å². The molecule has 0 unspecified atom stereocenters. The molecule has 1 aliphatic heterocycles. The highest BCUT2D eigenvalue weighted by molar-refractivity contribution is 5.92. The van der Waals surface area contributed by atoms with Crippen LogP contribution in [0.3, 0.4) is 0 Å². The van der Waals surface area contributed by atoms with Gasteiger partial charge in [0.25, 0.3) is 0 Å². The van der Waals surface area contributed by atoms with Crippen LogP contribution in [0.15, 0.2) is 36.5 Å². The third-order valence-corrected chi connectivity index (χ3v) is 4.56. The van der Waals surface area contributed by atoms with Gasteiger partial charge in [0.1, 0.15) is 0 Å². The van der Waals surface area contributed by atoms with Gasteiger partial charge in [-0.2, -0.15) is 0 Å².